The van der Waals surface area contributed by atoms with Gasteiger partial charge < -0.3 is 44.6 Å². The van der Waals surface area contributed by atoms with E-state index in [2.05, 4.69) is 10.6 Å². The second-order valence-electron chi connectivity index (χ2n) is 10.2. The van der Waals surface area contributed by atoms with Crippen molar-refractivity contribution in [2.24, 2.45) is 0 Å². The summed E-state index contributed by atoms with van der Waals surface area (Å²) < 4.78 is 4.28. The SMILES string of the molecule is Cc1c(O)c(=O)ccn1CC(=O)NCCCN(CCNC(=O)Cn1ccc(=O)c(O)c1C)C(=O)Cn1ccc(=O)c(O)c1C. The van der Waals surface area contributed by atoms with Gasteiger partial charge in [0.2, 0.25) is 34.0 Å². The topological polar surface area (TPSA) is 205 Å². The Labute approximate surface area is 251 Å². The molecular weight excluding hydrogens is 576 g/mol. The summed E-state index contributed by atoms with van der Waals surface area (Å²) in [5, 5.41) is 35.1. The fourth-order valence-corrected chi connectivity index (χ4v) is 4.36. The van der Waals surface area contributed by atoms with Crippen LogP contribution >= 0.6 is 0 Å². The van der Waals surface area contributed by atoms with Crippen molar-refractivity contribution >= 4 is 17.7 Å². The van der Waals surface area contributed by atoms with Crippen LogP contribution in [0.3, 0.4) is 0 Å². The molecular formula is C29H36N6O9. The molecule has 0 spiro atoms. The maximum atomic E-state index is 13.2. The van der Waals surface area contributed by atoms with E-state index in [0.717, 1.165) is 18.2 Å². The van der Waals surface area contributed by atoms with E-state index in [1.807, 2.05) is 0 Å². The number of pyridine rings is 3. The highest BCUT2D eigenvalue weighted by Gasteiger charge is 2.17. The number of nitrogens with zero attached hydrogens (tertiary/aromatic N) is 4. The summed E-state index contributed by atoms with van der Waals surface area (Å²) >= 11 is 0. The monoisotopic (exact) mass is 612 g/mol. The van der Waals surface area contributed by atoms with E-state index in [0.29, 0.717) is 6.42 Å². The molecule has 3 aromatic rings. The zero-order valence-corrected chi connectivity index (χ0v) is 24.7. The van der Waals surface area contributed by atoms with E-state index in [4.69, 9.17) is 0 Å². The van der Waals surface area contributed by atoms with E-state index in [1.54, 1.807) is 0 Å². The van der Waals surface area contributed by atoms with Gasteiger partial charge >= 0.3 is 0 Å². The number of carbonyl (C=O) groups excluding carboxylic acids is 3. The summed E-state index contributed by atoms with van der Waals surface area (Å²) in [7, 11) is 0. The number of hydrogen-bond acceptors (Lipinski definition) is 9. The fourth-order valence-electron chi connectivity index (χ4n) is 4.36. The van der Waals surface area contributed by atoms with Crippen LogP contribution in [0.1, 0.15) is 23.5 Å². The molecule has 15 nitrogen and oxygen atoms in total. The molecule has 0 atom stereocenters. The summed E-state index contributed by atoms with van der Waals surface area (Å²) in [6.07, 6.45) is 4.55. The minimum absolute atomic E-state index is 0.0751. The first-order chi connectivity index (χ1) is 20.8. The van der Waals surface area contributed by atoms with Gasteiger partial charge in [0.25, 0.3) is 0 Å². The van der Waals surface area contributed by atoms with E-state index in [9.17, 15) is 44.1 Å². The lowest BCUT2D eigenvalue weighted by Crippen LogP contribution is -2.42. The lowest BCUT2D eigenvalue weighted by molar-refractivity contribution is -0.132. The highest BCUT2D eigenvalue weighted by molar-refractivity contribution is 5.77. The average Bonchev–Trinajstić information content (AvgIpc) is 2.99. The van der Waals surface area contributed by atoms with Crippen molar-refractivity contribution in [2.45, 2.75) is 46.8 Å². The molecule has 3 amide bonds. The van der Waals surface area contributed by atoms with Crippen molar-refractivity contribution in [1.29, 1.82) is 0 Å². The van der Waals surface area contributed by atoms with E-state index in [-0.39, 0.29) is 74.7 Å². The Hall–Kier alpha value is -5.34. The van der Waals surface area contributed by atoms with Gasteiger partial charge in [-0.1, -0.05) is 0 Å². The van der Waals surface area contributed by atoms with Crippen LogP contribution < -0.4 is 26.9 Å². The molecule has 15 heteroatoms. The van der Waals surface area contributed by atoms with Gasteiger partial charge in [-0.3, -0.25) is 28.8 Å². The zero-order valence-electron chi connectivity index (χ0n) is 24.7. The minimum atomic E-state index is -0.569. The van der Waals surface area contributed by atoms with Gasteiger partial charge in [0.1, 0.15) is 19.6 Å². The zero-order chi connectivity index (χ0) is 32.6. The van der Waals surface area contributed by atoms with Crippen LogP contribution in [0, 0.1) is 20.8 Å². The van der Waals surface area contributed by atoms with Gasteiger partial charge in [0.05, 0.1) is 17.1 Å². The van der Waals surface area contributed by atoms with Gasteiger partial charge in [-0.2, -0.15) is 0 Å². The van der Waals surface area contributed by atoms with Crippen LogP contribution in [0.2, 0.25) is 0 Å². The summed E-state index contributed by atoms with van der Waals surface area (Å²) in [4.78, 5) is 74.5. The standard InChI is InChI=1S/C29H36N6O9/c1-18-27(42)21(36)5-11-33(18)15-24(39)30-8-4-10-32(26(41)17-35-13-7-23(38)29(44)20(35)3)14-9-31-25(40)16-34-12-6-22(37)28(43)19(34)2/h5-7,11-13,42-44H,4,8-10,14-17H2,1-3H3,(H,30,39)(H,31,40). The first-order valence-corrected chi connectivity index (χ1v) is 13.8. The second-order valence-corrected chi connectivity index (χ2v) is 10.2. The number of amides is 3. The van der Waals surface area contributed by atoms with E-state index < -0.39 is 39.4 Å². The summed E-state index contributed by atoms with van der Waals surface area (Å²) in [6.45, 7) is 4.63. The Kier molecular flexibility index (Phi) is 11.1. The molecule has 0 bridgehead atoms. The summed E-state index contributed by atoms with van der Waals surface area (Å²) in [5.74, 6) is -2.49. The number of hydrogen-bond donors (Lipinski definition) is 5. The van der Waals surface area contributed by atoms with Crippen molar-refractivity contribution in [3.8, 4) is 17.2 Å². The third kappa shape index (κ3) is 8.36. The predicted octanol–water partition coefficient (Wildman–Crippen LogP) is -0.935. The third-order valence-corrected chi connectivity index (χ3v) is 7.16. The Morgan fingerprint density at radius 1 is 0.636 bits per heavy atom. The lowest BCUT2D eigenvalue weighted by Gasteiger charge is -2.24. The van der Waals surface area contributed by atoms with Crippen molar-refractivity contribution < 1.29 is 29.7 Å². The van der Waals surface area contributed by atoms with Crippen molar-refractivity contribution in [3.63, 3.8) is 0 Å². The number of aromatic hydroxyl groups is 3. The molecule has 0 saturated carbocycles. The molecule has 0 fully saturated rings. The van der Waals surface area contributed by atoms with Gasteiger partial charge in [-0.15, -0.1) is 0 Å². The molecule has 44 heavy (non-hydrogen) atoms. The molecule has 0 radical (unpaired) electrons. The molecule has 3 rings (SSSR count). The summed E-state index contributed by atoms with van der Waals surface area (Å²) in [5.41, 5.74) is -0.960. The molecule has 3 aromatic heterocycles. The third-order valence-electron chi connectivity index (χ3n) is 7.16. The first-order valence-electron chi connectivity index (χ1n) is 13.8. The van der Waals surface area contributed by atoms with Crippen molar-refractivity contribution in [3.05, 3.63) is 84.5 Å². The molecule has 236 valence electrons. The van der Waals surface area contributed by atoms with Crippen molar-refractivity contribution in [2.75, 3.05) is 26.2 Å². The molecule has 0 aliphatic heterocycles. The Bertz CT molecular complexity index is 1720. The van der Waals surface area contributed by atoms with Gasteiger partial charge in [0, 0.05) is 63.0 Å². The molecule has 5 N–H and O–H groups in total. The normalized spacial score (nSPS) is 10.8. The molecule has 0 aliphatic rings. The van der Waals surface area contributed by atoms with Crippen LogP contribution in [0.15, 0.2) is 51.2 Å². The van der Waals surface area contributed by atoms with E-state index >= 15 is 0 Å². The molecule has 0 unspecified atom stereocenters. The van der Waals surface area contributed by atoms with Gasteiger partial charge in [0.15, 0.2) is 17.2 Å². The number of nitrogens with one attached hydrogen (secondary N) is 2. The highest BCUT2D eigenvalue weighted by Crippen LogP contribution is 2.11. The summed E-state index contributed by atoms with van der Waals surface area (Å²) in [6, 6.07) is 3.46. The Morgan fingerprint density at radius 3 is 1.45 bits per heavy atom. The average molecular weight is 613 g/mol. The molecule has 0 saturated heterocycles. The van der Waals surface area contributed by atoms with Gasteiger partial charge in [-0.25, -0.2) is 0 Å². The maximum Gasteiger partial charge on any atom is 0.242 e. The number of rotatable bonds is 13. The van der Waals surface area contributed by atoms with Gasteiger partial charge in [-0.05, 0) is 27.2 Å². The first kappa shape index (κ1) is 33.2. The van der Waals surface area contributed by atoms with Crippen LogP contribution in [-0.4, -0.2) is 77.8 Å². The van der Waals surface area contributed by atoms with Crippen LogP contribution in [-0.2, 0) is 34.0 Å². The predicted molar refractivity (Wildman–Crippen MR) is 159 cm³/mol. The van der Waals surface area contributed by atoms with Crippen LogP contribution in [0.5, 0.6) is 17.2 Å². The van der Waals surface area contributed by atoms with Crippen molar-refractivity contribution in [1.82, 2.24) is 29.2 Å². The fraction of sp³-hybridized carbons (Fsp3) is 0.379. The number of aromatic nitrogens is 3. The maximum absolute atomic E-state index is 13.2. The number of carbonyl (C=O) groups is 3. The van der Waals surface area contributed by atoms with Crippen LogP contribution in [0.25, 0.3) is 0 Å². The Morgan fingerprint density at radius 2 is 1.02 bits per heavy atom. The quantitative estimate of drug-likeness (QED) is 0.151. The molecule has 3 heterocycles. The Balaban J connectivity index is 1.60. The second kappa shape index (κ2) is 14.7. The lowest BCUT2D eigenvalue weighted by atomic mass is 10.3. The van der Waals surface area contributed by atoms with E-state index in [1.165, 1.54) is 58.0 Å². The molecule has 0 aliphatic carbocycles. The largest absolute Gasteiger partial charge is 0.503 e. The smallest absolute Gasteiger partial charge is 0.242 e. The molecule has 0 aromatic carbocycles. The minimum Gasteiger partial charge on any atom is -0.503 e. The van der Waals surface area contributed by atoms with Crippen LogP contribution in [0.4, 0.5) is 0 Å². The highest BCUT2D eigenvalue weighted by atomic mass is 16.3.